The summed E-state index contributed by atoms with van der Waals surface area (Å²) in [7, 11) is 0. The van der Waals surface area contributed by atoms with Crippen molar-refractivity contribution in [1.29, 1.82) is 0 Å². The van der Waals surface area contributed by atoms with Crippen molar-refractivity contribution in [1.82, 2.24) is 15.3 Å². The van der Waals surface area contributed by atoms with Gasteiger partial charge in [0.25, 0.3) is 0 Å². The molecule has 0 bridgehead atoms. The highest BCUT2D eigenvalue weighted by Crippen LogP contribution is 2.21. The number of anilines is 1. The smallest absolute Gasteiger partial charge is 0.319 e. The number of rotatable bonds is 3. The molecule has 0 radical (unpaired) electrons. The SMILES string of the molecule is Cc1cc(C)c(NC(=O)NCc2cnc(C)cn2)c(C)c1. The van der Waals surface area contributed by atoms with Crippen LogP contribution in [0, 0.1) is 27.7 Å². The highest BCUT2D eigenvalue weighted by atomic mass is 16.2. The zero-order valence-corrected chi connectivity index (χ0v) is 12.8. The van der Waals surface area contributed by atoms with E-state index in [9.17, 15) is 4.79 Å². The van der Waals surface area contributed by atoms with E-state index in [1.807, 2.05) is 39.8 Å². The Balaban J connectivity index is 1.97. The van der Waals surface area contributed by atoms with Crippen molar-refractivity contribution >= 4 is 11.7 Å². The largest absolute Gasteiger partial charge is 0.332 e. The lowest BCUT2D eigenvalue weighted by molar-refractivity contribution is 0.251. The summed E-state index contributed by atoms with van der Waals surface area (Å²) in [5, 5.41) is 5.67. The van der Waals surface area contributed by atoms with E-state index >= 15 is 0 Å². The third kappa shape index (κ3) is 4.02. The summed E-state index contributed by atoms with van der Waals surface area (Å²) in [5.41, 5.74) is 5.73. The molecule has 2 N–H and O–H groups in total. The Bertz CT molecular complexity index is 627. The van der Waals surface area contributed by atoms with Crippen LogP contribution < -0.4 is 10.6 Å². The Labute approximate surface area is 124 Å². The molecular formula is C16H20N4O. The van der Waals surface area contributed by atoms with Crippen molar-refractivity contribution in [2.45, 2.75) is 34.2 Å². The number of aryl methyl sites for hydroxylation is 4. The molecule has 0 unspecified atom stereocenters. The van der Waals surface area contributed by atoms with E-state index in [1.165, 1.54) is 5.56 Å². The topological polar surface area (TPSA) is 66.9 Å². The van der Waals surface area contributed by atoms with Gasteiger partial charge in [-0.05, 0) is 38.8 Å². The van der Waals surface area contributed by atoms with Crippen LogP contribution in [0.25, 0.3) is 0 Å². The first-order chi connectivity index (χ1) is 9.95. The molecule has 1 heterocycles. The van der Waals surface area contributed by atoms with Gasteiger partial charge in [-0.25, -0.2) is 4.79 Å². The van der Waals surface area contributed by atoms with Gasteiger partial charge in [-0.15, -0.1) is 0 Å². The van der Waals surface area contributed by atoms with Crippen LogP contribution in [-0.4, -0.2) is 16.0 Å². The number of urea groups is 1. The van der Waals surface area contributed by atoms with Gasteiger partial charge < -0.3 is 10.6 Å². The minimum Gasteiger partial charge on any atom is -0.332 e. The van der Waals surface area contributed by atoms with Crippen molar-refractivity contribution in [3.63, 3.8) is 0 Å². The number of nitrogens with zero attached hydrogens (tertiary/aromatic N) is 2. The van der Waals surface area contributed by atoms with Gasteiger partial charge in [0.2, 0.25) is 0 Å². The lowest BCUT2D eigenvalue weighted by atomic mass is 10.1. The zero-order chi connectivity index (χ0) is 15.4. The van der Waals surface area contributed by atoms with Crippen LogP contribution in [0.5, 0.6) is 0 Å². The molecule has 2 rings (SSSR count). The second-order valence-corrected chi connectivity index (χ2v) is 5.23. The van der Waals surface area contributed by atoms with E-state index in [-0.39, 0.29) is 6.03 Å². The second-order valence-electron chi connectivity index (χ2n) is 5.23. The maximum atomic E-state index is 12.0. The maximum Gasteiger partial charge on any atom is 0.319 e. The van der Waals surface area contributed by atoms with Crippen LogP contribution in [0.2, 0.25) is 0 Å². The number of hydrogen-bond donors (Lipinski definition) is 2. The van der Waals surface area contributed by atoms with Crippen LogP contribution in [0.3, 0.4) is 0 Å². The predicted molar refractivity (Wildman–Crippen MR) is 83.3 cm³/mol. The zero-order valence-electron chi connectivity index (χ0n) is 12.8. The van der Waals surface area contributed by atoms with E-state index in [1.54, 1.807) is 12.4 Å². The van der Waals surface area contributed by atoms with Crippen molar-refractivity contribution in [2.75, 3.05) is 5.32 Å². The minimum atomic E-state index is -0.243. The summed E-state index contributed by atoms with van der Waals surface area (Å²) in [6, 6.07) is 3.86. The molecule has 2 aromatic rings. The standard InChI is InChI=1S/C16H20N4O/c1-10-5-11(2)15(12(3)6-10)20-16(21)19-9-14-8-17-13(4)7-18-14/h5-8H,9H2,1-4H3,(H2,19,20,21). The monoisotopic (exact) mass is 284 g/mol. The molecule has 0 aliphatic heterocycles. The second kappa shape index (κ2) is 6.35. The molecule has 21 heavy (non-hydrogen) atoms. The number of aromatic nitrogens is 2. The molecule has 1 aromatic carbocycles. The molecule has 0 aliphatic carbocycles. The summed E-state index contributed by atoms with van der Waals surface area (Å²) >= 11 is 0. The van der Waals surface area contributed by atoms with Gasteiger partial charge >= 0.3 is 6.03 Å². The quantitative estimate of drug-likeness (QED) is 0.910. The van der Waals surface area contributed by atoms with Crippen LogP contribution >= 0.6 is 0 Å². The average Bonchev–Trinajstić information content (AvgIpc) is 2.42. The van der Waals surface area contributed by atoms with Gasteiger partial charge in [-0.1, -0.05) is 17.7 Å². The molecule has 0 aliphatic rings. The number of carbonyl (C=O) groups is 1. The summed E-state index contributed by atoms with van der Waals surface area (Å²) < 4.78 is 0. The molecule has 5 heteroatoms. The summed E-state index contributed by atoms with van der Waals surface area (Å²) in [6.07, 6.45) is 3.35. The van der Waals surface area contributed by atoms with Crippen molar-refractivity contribution in [3.8, 4) is 0 Å². The fourth-order valence-corrected chi connectivity index (χ4v) is 2.22. The van der Waals surface area contributed by atoms with E-state index in [0.29, 0.717) is 6.54 Å². The predicted octanol–water partition coefficient (Wildman–Crippen LogP) is 3.03. The molecule has 0 fully saturated rings. The van der Waals surface area contributed by atoms with E-state index in [0.717, 1.165) is 28.2 Å². The van der Waals surface area contributed by atoms with Gasteiger partial charge in [0.05, 0.1) is 24.1 Å². The van der Waals surface area contributed by atoms with Gasteiger partial charge in [0.15, 0.2) is 0 Å². The van der Waals surface area contributed by atoms with E-state index < -0.39 is 0 Å². The molecule has 1 aromatic heterocycles. The Morgan fingerprint density at radius 1 is 1.05 bits per heavy atom. The molecule has 0 saturated heterocycles. The fraction of sp³-hybridized carbons (Fsp3) is 0.312. The first kappa shape index (κ1) is 15.0. The Hall–Kier alpha value is -2.43. The van der Waals surface area contributed by atoms with Gasteiger partial charge in [0, 0.05) is 11.9 Å². The van der Waals surface area contributed by atoms with Crippen LogP contribution in [0.4, 0.5) is 10.5 Å². The molecule has 0 saturated carbocycles. The van der Waals surface area contributed by atoms with E-state index in [4.69, 9.17) is 0 Å². The van der Waals surface area contributed by atoms with Crippen molar-refractivity contribution in [2.24, 2.45) is 0 Å². The van der Waals surface area contributed by atoms with Gasteiger partial charge in [-0.3, -0.25) is 9.97 Å². The Kier molecular flexibility index (Phi) is 4.52. The normalized spacial score (nSPS) is 10.3. The number of benzene rings is 1. The minimum absolute atomic E-state index is 0.243. The maximum absolute atomic E-state index is 12.0. The Morgan fingerprint density at radius 2 is 1.71 bits per heavy atom. The third-order valence-corrected chi connectivity index (χ3v) is 3.18. The van der Waals surface area contributed by atoms with Gasteiger partial charge in [0.1, 0.15) is 0 Å². The van der Waals surface area contributed by atoms with E-state index in [2.05, 4.69) is 20.6 Å². The highest BCUT2D eigenvalue weighted by molar-refractivity contribution is 5.91. The molecule has 110 valence electrons. The van der Waals surface area contributed by atoms with Gasteiger partial charge in [-0.2, -0.15) is 0 Å². The lowest BCUT2D eigenvalue weighted by Crippen LogP contribution is -2.29. The average molecular weight is 284 g/mol. The summed E-state index contributed by atoms with van der Waals surface area (Å²) in [5.74, 6) is 0. The number of carbonyl (C=O) groups excluding carboxylic acids is 1. The van der Waals surface area contributed by atoms with Crippen LogP contribution in [0.15, 0.2) is 24.5 Å². The van der Waals surface area contributed by atoms with Crippen LogP contribution in [0.1, 0.15) is 28.1 Å². The third-order valence-electron chi connectivity index (χ3n) is 3.18. The van der Waals surface area contributed by atoms with Crippen molar-refractivity contribution in [3.05, 3.63) is 52.6 Å². The summed E-state index contributed by atoms with van der Waals surface area (Å²) in [4.78, 5) is 20.3. The first-order valence-corrected chi connectivity index (χ1v) is 6.86. The lowest BCUT2D eigenvalue weighted by Gasteiger charge is -2.13. The van der Waals surface area contributed by atoms with Crippen LogP contribution in [-0.2, 0) is 6.54 Å². The number of hydrogen-bond acceptors (Lipinski definition) is 3. The molecular weight excluding hydrogens is 264 g/mol. The fourth-order valence-electron chi connectivity index (χ4n) is 2.22. The van der Waals surface area contributed by atoms with Crippen molar-refractivity contribution < 1.29 is 4.79 Å². The molecule has 0 atom stereocenters. The summed E-state index contributed by atoms with van der Waals surface area (Å²) in [6.45, 7) is 8.24. The molecule has 0 spiro atoms. The number of amides is 2. The molecule has 2 amide bonds. The first-order valence-electron chi connectivity index (χ1n) is 6.86. The number of nitrogens with one attached hydrogen (secondary N) is 2. The molecule has 5 nitrogen and oxygen atoms in total. The Morgan fingerprint density at radius 3 is 2.29 bits per heavy atom. The highest BCUT2D eigenvalue weighted by Gasteiger charge is 2.08.